The quantitative estimate of drug-likeness (QED) is 0.184. The molecule has 0 bridgehead atoms. The van der Waals surface area contributed by atoms with Crippen LogP contribution in [0.2, 0.25) is 0 Å². The Labute approximate surface area is 316 Å². The fourth-order valence-electron chi connectivity index (χ4n) is 8.83. The maximum absolute atomic E-state index is 10.7. The van der Waals surface area contributed by atoms with E-state index in [1.807, 2.05) is 30.3 Å². The van der Waals surface area contributed by atoms with Crippen LogP contribution in [0.5, 0.6) is 0 Å². The van der Waals surface area contributed by atoms with Crippen molar-refractivity contribution in [3.63, 3.8) is 0 Å². The molecule has 0 unspecified atom stereocenters. The summed E-state index contributed by atoms with van der Waals surface area (Å²) in [5, 5.41) is 27.2. The smallest absolute Gasteiger partial charge is 0.101 e. The number of hydrogen-bond acceptors (Lipinski definition) is 2. The molecule has 0 atom stereocenters. The van der Waals surface area contributed by atoms with Crippen molar-refractivity contribution >= 4 is 65.4 Å². The van der Waals surface area contributed by atoms with Crippen molar-refractivity contribution in [2.75, 3.05) is 0 Å². The zero-order chi connectivity index (χ0) is 36.6. The molecule has 5 nitrogen and oxygen atoms in total. The molecule has 0 spiro atoms. The molecular weight excluding hydrogens is 671 g/mol. The van der Waals surface area contributed by atoms with Crippen LogP contribution in [0.25, 0.3) is 93.6 Å². The van der Waals surface area contributed by atoms with Crippen LogP contribution in [-0.2, 0) is 0 Å². The Bertz CT molecular complexity index is 3400. The van der Waals surface area contributed by atoms with Crippen molar-refractivity contribution in [2.24, 2.45) is 0 Å². The minimum atomic E-state index is 0.595. The molecule has 0 saturated heterocycles. The molecular formula is C50H29N5. The molecule has 0 aliphatic rings. The van der Waals surface area contributed by atoms with E-state index in [9.17, 15) is 10.5 Å². The van der Waals surface area contributed by atoms with Crippen molar-refractivity contribution in [3.8, 4) is 40.3 Å². The van der Waals surface area contributed by atoms with Gasteiger partial charge in [-0.05, 0) is 78.4 Å². The molecule has 5 heteroatoms. The Kier molecular flexibility index (Phi) is 6.61. The van der Waals surface area contributed by atoms with Crippen LogP contribution in [0.4, 0.5) is 0 Å². The highest BCUT2D eigenvalue weighted by atomic mass is 15.0. The van der Waals surface area contributed by atoms with Gasteiger partial charge in [0, 0.05) is 43.6 Å². The van der Waals surface area contributed by atoms with Crippen molar-refractivity contribution in [3.05, 3.63) is 187 Å². The van der Waals surface area contributed by atoms with E-state index in [2.05, 4.69) is 171 Å². The van der Waals surface area contributed by atoms with Gasteiger partial charge in [0.15, 0.2) is 0 Å². The van der Waals surface area contributed by atoms with Gasteiger partial charge in [-0.15, -0.1) is 0 Å². The zero-order valence-electron chi connectivity index (χ0n) is 29.5. The average Bonchev–Trinajstić information content (AvgIpc) is 3.89. The summed E-state index contributed by atoms with van der Waals surface area (Å²) in [4.78, 5) is 0. The molecule has 0 saturated carbocycles. The highest BCUT2D eigenvalue weighted by molar-refractivity contribution is 6.17. The van der Waals surface area contributed by atoms with Gasteiger partial charge >= 0.3 is 0 Å². The van der Waals surface area contributed by atoms with E-state index >= 15 is 0 Å². The van der Waals surface area contributed by atoms with Crippen LogP contribution < -0.4 is 0 Å². The lowest BCUT2D eigenvalue weighted by atomic mass is 9.99. The number of nitrogens with zero attached hydrogens (tertiary/aromatic N) is 5. The van der Waals surface area contributed by atoms with Gasteiger partial charge in [-0.2, -0.15) is 10.5 Å². The maximum atomic E-state index is 10.7. The third kappa shape index (κ3) is 4.39. The number of aromatic nitrogens is 3. The first-order valence-corrected chi connectivity index (χ1v) is 18.3. The normalized spacial score (nSPS) is 11.6. The van der Waals surface area contributed by atoms with Gasteiger partial charge in [-0.25, -0.2) is 0 Å². The second-order valence-electron chi connectivity index (χ2n) is 14.0. The van der Waals surface area contributed by atoms with E-state index in [0.717, 1.165) is 71.8 Å². The molecule has 0 amide bonds. The van der Waals surface area contributed by atoms with Crippen LogP contribution in [0.3, 0.4) is 0 Å². The maximum Gasteiger partial charge on any atom is 0.101 e. The second-order valence-corrected chi connectivity index (χ2v) is 14.0. The lowest BCUT2D eigenvalue weighted by molar-refractivity contribution is 1.16. The Hall–Kier alpha value is -7.86. The van der Waals surface area contributed by atoms with Gasteiger partial charge < -0.3 is 13.7 Å². The molecule has 11 rings (SSSR count). The highest BCUT2D eigenvalue weighted by Crippen LogP contribution is 2.42. The zero-order valence-corrected chi connectivity index (χ0v) is 29.5. The highest BCUT2D eigenvalue weighted by Gasteiger charge is 2.23. The topological polar surface area (TPSA) is 62.4 Å². The average molecular weight is 700 g/mol. The Morgan fingerprint density at radius 2 is 0.927 bits per heavy atom. The summed E-state index contributed by atoms with van der Waals surface area (Å²) in [6.45, 7) is 0. The van der Waals surface area contributed by atoms with Crippen LogP contribution in [0.15, 0.2) is 176 Å². The van der Waals surface area contributed by atoms with E-state index in [0.29, 0.717) is 11.1 Å². The minimum Gasteiger partial charge on any atom is -0.309 e. The molecule has 0 fully saturated rings. The van der Waals surface area contributed by atoms with E-state index in [1.165, 1.54) is 21.8 Å². The third-order valence-electron chi connectivity index (χ3n) is 11.1. The van der Waals surface area contributed by atoms with E-state index in [1.54, 1.807) is 0 Å². The minimum absolute atomic E-state index is 0.595. The van der Waals surface area contributed by atoms with E-state index in [4.69, 9.17) is 0 Å². The van der Waals surface area contributed by atoms with Crippen LogP contribution in [-0.4, -0.2) is 13.7 Å². The molecule has 0 aliphatic carbocycles. The summed E-state index contributed by atoms with van der Waals surface area (Å²) < 4.78 is 6.91. The monoisotopic (exact) mass is 699 g/mol. The first kappa shape index (κ1) is 30.7. The van der Waals surface area contributed by atoms with Gasteiger partial charge in [0.1, 0.15) is 6.07 Å². The fraction of sp³-hybridized carbons (Fsp3) is 0. The second kappa shape index (κ2) is 11.8. The molecule has 8 aromatic carbocycles. The van der Waals surface area contributed by atoms with Gasteiger partial charge in [-0.3, -0.25) is 0 Å². The summed E-state index contributed by atoms with van der Waals surface area (Å²) in [6, 6.07) is 65.9. The van der Waals surface area contributed by atoms with Crippen molar-refractivity contribution < 1.29 is 0 Å². The summed E-state index contributed by atoms with van der Waals surface area (Å²) >= 11 is 0. The molecule has 0 radical (unpaired) electrons. The van der Waals surface area contributed by atoms with Gasteiger partial charge in [-0.1, -0.05) is 103 Å². The summed E-state index contributed by atoms with van der Waals surface area (Å²) in [7, 11) is 0. The largest absolute Gasteiger partial charge is 0.309 e. The van der Waals surface area contributed by atoms with Crippen LogP contribution in [0.1, 0.15) is 11.1 Å². The summed E-state index contributed by atoms with van der Waals surface area (Å²) in [5.74, 6) is 0. The first-order valence-electron chi connectivity index (χ1n) is 18.3. The molecule has 11 aromatic rings. The number of benzene rings is 8. The molecule has 3 aromatic heterocycles. The number of hydrogen-bond donors (Lipinski definition) is 0. The SMILES string of the molecule is N#Cc1ccc2c(c1)c1ccccc1n2-c1cccc2c1c1ccccc1n2-c1c(C#N)cccc1-c1ccc(-n2c3ccccc3c3ccccc32)cc1. The van der Waals surface area contributed by atoms with E-state index in [-0.39, 0.29) is 0 Å². The summed E-state index contributed by atoms with van der Waals surface area (Å²) in [5.41, 5.74) is 12.6. The predicted molar refractivity (Wildman–Crippen MR) is 224 cm³/mol. The number of rotatable bonds is 4. The number of fused-ring (bicyclic) bond motifs is 9. The lowest BCUT2D eigenvalue weighted by Crippen LogP contribution is -2.01. The van der Waals surface area contributed by atoms with Crippen molar-refractivity contribution in [1.82, 2.24) is 13.7 Å². The standard InChI is InChI=1S/C50H29N5/c51-30-32-23-28-46-41(29-32)39-14-3-7-19-44(39)54(46)47-21-10-22-48-49(47)40-15-4-8-20-45(40)55(48)50-34(31-52)11-9-16-36(50)33-24-26-35(27-25-33)53-42-17-5-1-12-37(42)38-13-2-6-18-43(38)53/h1-29H. The van der Waals surface area contributed by atoms with Gasteiger partial charge in [0.05, 0.1) is 61.7 Å². The Morgan fingerprint density at radius 1 is 0.382 bits per heavy atom. The Balaban J connectivity index is 1.16. The molecule has 0 aliphatic heterocycles. The number of nitriles is 2. The van der Waals surface area contributed by atoms with Crippen molar-refractivity contribution in [2.45, 2.75) is 0 Å². The Morgan fingerprint density at radius 3 is 1.58 bits per heavy atom. The fourth-order valence-corrected chi connectivity index (χ4v) is 8.83. The predicted octanol–water partition coefficient (Wildman–Crippen LogP) is 12.4. The van der Waals surface area contributed by atoms with Crippen LogP contribution >= 0.6 is 0 Å². The molecule has 254 valence electrons. The summed E-state index contributed by atoms with van der Waals surface area (Å²) in [6.07, 6.45) is 0. The van der Waals surface area contributed by atoms with Crippen LogP contribution in [0, 0.1) is 22.7 Å². The molecule has 55 heavy (non-hydrogen) atoms. The van der Waals surface area contributed by atoms with Crippen molar-refractivity contribution in [1.29, 1.82) is 10.5 Å². The molecule has 0 N–H and O–H groups in total. The third-order valence-corrected chi connectivity index (χ3v) is 11.1. The first-order chi connectivity index (χ1) is 27.2. The van der Waals surface area contributed by atoms with Gasteiger partial charge in [0.25, 0.3) is 0 Å². The van der Waals surface area contributed by atoms with E-state index < -0.39 is 0 Å². The van der Waals surface area contributed by atoms with Gasteiger partial charge in [0.2, 0.25) is 0 Å². The molecule has 3 heterocycles. The number of para-hydroxylation sites is 5. The lowest BCUT2D eigenvalue weighted by Gasteiger charge is -2.17.